The average Bonchev–Trinajstić information content (AvgIpc) is 3.35. The van der Waals surface area contributed by atoms with Gasteiger partial charge in [0.2, 0.25) is 5.13 Å². The van der Waals surface area contributed by atoms with E-state index in [1.807, 2.05) is 66.1 Å². The molecule has 0 aliphatic carbocycles. The Morgan fingerprint density at radius 3 is 2.80 bits per heavy atom. The second-order valence-corrected chi connectivity index (χ2v) is 8.21. The number of thioether (sulfide) groups is 1. The number of amidine groups is 1. The molecular formula is C23H19N3O2S2. The van der Waals surface area contributed by atoms with Gasteiger partial charge in [0.05, 0.1) is 17.7 Å². The van der Waals surface area contributed by atoms with Gasteiger partial charge in [0.25, 0.3) is 5.91 Å². The summed E-state index contributed by atoms with van der Waals surface area (Å²) in [5.41, 5.74) is 2.80. The number of aromatic nitrogens is 1. The Labute approximate surface area is 183 Å². The van der Waals surface area contributed by atoms with Gasteiger partial charge in [0, 0.05) is 17.5 Å². The highest BCUT2D eigenvalue weighted by molar-refractivity contribution is 8.18. The predicted molar refractivity (Wildman–Crippen MR) is 125 cm³/mol. The summed E-state index contributed by atoms with van der Waals surface area (Å²) in [6.07, 6.45) is 3.55. The van der Waals surface area contributed by atoms with Gasteiger partial charge in [-0.15, -0.1) is 17.9 Å². The minimum Gasteiger partial charge on any atom is -0.497 e. The van der Waals surface area contributed by atoms with Crippen LogP contribution in [0.1, 0.15) is 5.56 Å². The molecule has 0 saturated carbocycles. The molecule has 0 N–H and O–H groups in total. The molecule has 0 atom stereocenters. The first-order valence-corrected chi connectivity index (χ1v) is 10.9. The van der Waals surface area contributed by atoms with E-state index >= 15 is 0 Å². The maximum absolute atomic E-state index is 12.9. The number of carbonyl (C=O) groups excluding carboxylic acids is 1. The van der Waals surface area contributed by atoms with Crippen molar-refractivity contribution in [3.05, 3.63) is 83.1 Å². The third kappa shape index (κ3) is 4.37. The Kier molecular flexibility index (Phi) is 6.11. The minimum atomic E-state index is -0.0960. The summed E-state index contributed by atoms with van der Waals surface area (Å²) < 4.78 is 5.27. The number of ether oxygens (including phenoxy) is 1. The molecule has 2 aromatic carbocycles. The van der Waals surface area contributed by atoms with Crippen LogP contribution in [-0.4, -0.2) is 34.6 Å². The van der Waals surface area contributed by atoms with Crippen LogP contribution in [0.4, 0.5) is 5.13 Å². The van der Waals surface area contributed by atoms with Gasteiger partial charge < -0.3 is 4.74 Å². The molecule has 1 fully saturated rings. The highest BCUT2D eigenvalue weighted by atomic mass is 32.2. The Hall–Kier alpha value is -3.16. The lowest BCUT2D eigenvalue weighted by Crippen LogP contribution is -2.29. The third-order valence-corrected chi connectivity index (χ3v) is 6.09. The highest BCUT2D eigenvalue weighted by Gasteiger charge is 2.32. The largest absolute Gasteiger partial charge is 0.497 e. The van der Waals surface area contributed by atoms with E-state index in [0.717, 1.165) is 22.6 Å². The number of hydrogen-bond donors (Lipinski definition) is 0. The maximum atomic E-state index is 12.9. The molecule has 1 aromatic heterocycles. The third-order valence-electron chi connectivity index (χ3n) is 4.34. The summed E-state index contributed by atoms with van der Waals surface area (Å²) in [6.45, 7) is 4.15. The first-order chi connectivity index (χ1) is 14.7. The Bertz CT molecular complexity index is 1140. The van der Waals surface area contributed by atoms with Crippen LogP contribution in [-0.2, 0) is 4.79 Å². The van der Waals surface area contributed by atoms with Gasteiger partial charge in [-0.3, -0.25) is 9.69 Å². The molecule has 1 aliphatic rings. The van der Waals surface area contributed by atoms with Crippen LogP contribution < -0.4 is 4.74 Å². The monoisotopic (exact) mass is 433 g/mol. The first kappa shape index (κ1) is 20.1. The van der Waals surface area contributed by atoms with E-state index in [0.29, 0.717) is 21.7 Å². The zero-order valence-corrected chi connectivity index (χ0v) is 18.0. The molecule has 7 heteroatoms. The second kappa shape index (κ2) is 9.11. The van der Waals surface area contributed by atoms with Crippen LogP contribution in [0.3, 0.4) is 0 Å². The van der Waals surface area contributed by atoms with Crippen LogP contribution >= 0.6 is 23.1 Å². The van der Waals surface area contributed by atoms with E-state index in [1.54, 1.807) is 18.1 Å². The summed E-state index contributed by atoms with van der Waals surface area (Å²) in [4.78, 5) is 24.4. The number of nitrogens with zero attached hydrogens (tertiary/aromatic N) is 3. The lowest BCUT2D eigenvalue weighted by atomic mass is 10.2. The Morgan fingerprint density at radius 2 is 2.03 bits per heavy atom. The molecular weight excluding hydrogens is 414 g/mol. The van der Waals surface area contributed by atoms with Crippen molar-refractivity contribution in [1.82, 2.24) is 9.88 Å². The van der Waals surface area contributed by atoms with E-state index in [1.165, 1.54) is 23.1 Å². The van der Waals surface area contributed by atoms with Crippen LogP contribution in [0.15, 0.2) is 82.5 Å². The molecule has 0 radical (unpaired) electrons. The van der Waals surface area contributed by atoms with Crippen molar-refractivity contribution < 1.29 is 9.53 Å². The molecule has 150 valence electrons. The van der Waals surface area contributed by atoms with Crippen LogP contribution in [0.5, 0.6) is 5.75 Å². The minimum absolute atomic E-state index is 0.0960. The van der Waals surface area contributed by atoms with Gasteiger partial charge in [-0.25, -0.2) is 4.98 Å². The lowest BCUT2D eigenvalue weighted by molar-refractivity contribution is -0.121. The molecule has 0 unspecified atom stereocenters. The number of benzene rings is 2. The number of thiazole rings is 1. The summed E-state index contributed by atoms with van der Waals surface area (Å²) in [5, 5.41) is 3.19. The maximum Gasteiger partial charge on any atom is 0.267 e. The summed E-state index contributed by atoms with van der Waals surface area (Å²) in [5.74, 6) is 0.647. The quantitative estimate of drug-likeness (QED) is 0.375. The van der Waals surface area contributed by atoms with Crippen molar-refractivity contribution in [2.24, 2.45) is 4.99 Å². The van der Waals surface area contributed by atoms with Crippen LogP contribution in [0.25, 0.3) is 17.3 Å². The van der Waals surface area contributed by atoms with Crippen molar-refractivity contribution in [1.29, 1.82) is 0 Å². The van der Waals surface area contributed by atoms with Crippen molar-refractivity contribution in [2.45, 2.75) is 0 Å². The number of rotatable bonds is 6. The number of aliphatic imine (C=N–C) groups is 1. The van der Waals surface area contributed by atoms with Crippen molar-refractivity contribution in [2.75, 3.05) is 13.7 Å². The predicted octanol–water partition coefficient (Wildman–Crippen LogP) is 5.61. The molecule has 1 aliphatic heterocycles. The van der Waals surface area contributed by atoms with Gasteiger partial charge in [-0.2, -0.15) is 4.99 Å². The van der Waals surface area contributed by atoms with Gasteiger partial charge in [-0.05, 0) is 35.5 Å². The van der Waals surface area contributed by atoms with Gasteiger partial charge in [-0.1, -0.05) is 48.5 Å². The van der Waals surface area contributed by atoms with E-state index < -0.39 is 0 Å². The van der Waals surface area contributed by atoms with E-state index in [2.05, 4.69) is 16.6 Å². The summed E-state index contributed by atoms with van der Waals surface area (Å²) in [7, 11) is 1.62. The summed E-state index contributed by atoms with van der Waals surface area (Å²) >= 11 is 2.79. The van der Waals surface area contributed by atoms with E-state index in [9.17, 15) is 4.79 Å². The fourth-order valence-corrected chi connectivity index (χ4v) is 4.65. The molecule has 2 heterocycles. The molecule has 0 bridgehead atoms. The molecule has 0 spiro atoms. The first-order valence-electron chi connectivity index (χ1n) is 9.24. The Balaban J connectivity index is 1.64. The van der Waals surface area contributed by atoms with Gasteiger partial charge in [0.15, 0.2) is 5.17 Å². The summed E-state index contributed by atoms with van der Waals surface area (Å²) in [6, 6.07) is 17.5. The number of carbonyl (C=O) groups is 1. The zero-order chi connectivity index (χ0) is 20.9. The molecule has 4 rings (SSSR count). The molecule has 1 amide bonds. The number of amides is 1. The molecule has 5 nitrogen and oxygen atoms in total. The van der Waals surface area contributed by atoms with Gasteiger partial charge >= 0.3 is 0 Å². The molecule has 30 heavy (non-hydrogen) atoms. The SMILES string of the molecule is C=CCN1C(=O)/C(=C/c2cccc(OC)c2)S/C1=N/c1nc(-c2ccccc2)cs1. The number of hydrogen-bond acceptors (Lipinski definition) is 6. The van der Waals surface area contributed by atoms with Crippen LogP contribution in [0.2, 0.25) is 0 Å². The van der Waals surface area contributed by atoms with Crippen molar-refractivity contribution in [3.8, 4) is 17.0 Å². The van der Waals surface area contributed by atoms with Crippen molar-refractivity contribution >= 4 is 45.4 Å². The zero-order valence-electron chi connectivity index (χ0n) is 16.3. The number of methoxy groups -OCH3 is 1. The topological polar surface area (TPSA) is 54.8 Å². The average molecular weight is 434 g/mol. The highest BCUT2D eigenvalue weighted by Crippen LogP contribution is 2.35. The van der Waals surface area contributed by atoms with Gasteiger partial charge in [0.1, 0.15) is 5.75 Å². The molecule has 1 saturated heterocycles. The lowest BCUT2D eigenvalue weighted by Gasteiger charge is -2.11. The van der Waals surface area contributed by atoms with E-state index in [4.69, 9.17) is 4.74 Å². The van der Waals surface area contributed by atoms with E-state index in [-0.39, 0.29) is 5.91 Å². The fraction of sp³-hybridized carbons (Fsp3) is 0.0870. The smallest absolute Gasteiger partial charge is 0.267 e. The fourth-order valence-electron chi connectivity index (χ4n) is 2.90. The second-order valence-electron chi connectivity index (χ2n) is 6.37. The standard InChI is InChI=1S/C23H19N3O2S2/c1-3-12-26-21(27)20(14-16-8-7-11-18(13-16)28-2)30-23(26)25-22-24-19(15-29-22)17-9-5-4-6-10-17/h3-11,13-15H,1,12H2,2H3/b20-14-,25-23+. The molecule has 3 aromatic rings. The van der Waals surface area contributed by atoms with Crippen LogP contribution in [0, 0.1) is 0 Å². The Morgan fingerprint density at radius 1 is 1.20 bits per heavy atom. The van der Waals surface area contributed by atoms with Crippen molar-refractivity contribution in [3.63, 3.8) is 0 Å². The normalized spacial score (nSPS) is 16.4.